The minimum Gasteiger partial charge on any atom is -0.338 e. The van der Waals surface area contributed by atoms with Gasteiger partial charge in [-0.1, -0.05) is 26.7 Å². The maximum absolute atomic E-state index is 12.5. The lowest BCUT2D eigenvalue weighted by molar-refractivity contribution is -0.150. The van der Waals surface area contributed by atoms with E-state index in [1.54, 1.807) is 0 Å². The standard InChI is InChI=1S/C13H24N2O/c1-3-12(7-5-6-8-12)11(16)15-9-13(14,4-2)10-15/h3-10,14H2,1-2H3. The van der Waals surface area contributed by atoms with Gasteiger partial charge >= 0.3 is 0 Å². The third kappa shape index (κ3) is 1.75. The van der Waals surface area contributed by atoms with Gasteiger partial charge in [0.05, 0.1) is 5.54 Å². The zero-order chi connectivity index (χ0) is 11.8. The second kappa shape index (κ2) is 4.02. The van der Waals surface area contributed by atoms with E-state index < -0.39 is 0 Å². The van der Waals surface area contributed by atoms with E-state index in [1.807, 2.05) is 4.90 Å². The Morgan fingerprint density at radius 2 is 1.75 bits per heavy atom. The van der Waals surface area contributed by atoms with Gasteiger partial charge in [-0.2, -0.15) is 0 Å². The summed E-state index contributed by atoms with van der Waals surface area (Å²) < 4.78 is 0. The Hall–Kier alpha value is -0.570. The van der Waals surface area contributed by atoms with Crippen LogP contribution in [0.3, 0.4) is 0 Å². The summed E-state index contributed by atoms with van der Waals surface area (Å²) in [5.74, 6) is 0.377. The lowest BCUT2D eigenvalue weighted by atomic mass is 9.78. The van der Waals surface area contributed by atoms with E-state index in [0.29, 0.717) is 5.91 Å². The van der Waals surface area contributed by atoms with E-state index >= 15 is 0 Å². The summed E-state index contributed by atoms with van der Waals surface area (Å²) >= 11 is 0. The van der Waals surface area contributed by atoms with E-state index in [9.17, 15) is 4.79 Å². The molecule has 2 aliphatic rings. The molecule has 0 bridgehead atoms. The molecule has 0 aromatic rings. The molecule has 3 nitrogen and oxygen atoms in total. The highest BCUT2D eigenvalue weighted by Gasteiger charge is 2.48. The average molecular weight is 224 g/mol. The van der Waals surface area contributed by atoms with Crippen LogP contribution >= 0.6 is 0 Å². The van der Waals surface area contributed by atoms with Gasteiger partial charge in [-0.15, -0.1) is 0 Å². The molecule has 0 radical (unpaired) electrons. The van der Waals surface area contributed by atoms with Crippen molar-refractivity contribution in [1.29, 1.82) is 0 Å². The van der Waals surface area contributed by atoms with Gasteiger partial charge in [0.25, 0.3) is 0 Å². The molecule has 1 saturated heterocycles. The normalized spacial score (nSPS) is 26.6. The van der Waals surface area contributed by atoms with Gasteiger partial charge in [0.1, 0.15) is 0 Å². The molecule has 1 aliphatic carbocycles. The molecule has 2 rings (SSSR count). The fourth-order valence-electron chi connectivity index (χ4n) is 3.19. The molecule has 3 heteroatoms. The van der Waals surface area contributed by atoms with Crippen LogP contribution in [-0.4, -0.2) is 29.4 Å². The number of carbonyl (C=O) groups excluding carboxylic acids is 1. The van der Waals surface area contributed by atoms with Crippen molar-refractivity contribution in [2.24, 2.45) is 11.1 Å². The van der Waals surface area contributed by atoms with Crippen molar-refractivity contribution >= 4 is 5.91 Å². The molecule has 2 N–H and O–H groups in total. The highest BCUT2D eigenvalue weighted by Crippen LogP contribution is 2.43. The van der Waals surface area contributed by atoms with Crippen molar-refractivity contribution in [3.8, 4) is 0 Å². The smallest absolute Gasteiger partial charge is 0.228 e. The van der Waals surface area contributed by atoms with E-state index in [0.717, 1.165) is 38.8 Å². The summed E-state index contributed by atoms with van der Waals surface area (Å²) in [6.07, 6.45) is 6.57. The molecule has 1 saturated carbocycles. The minimum absolute atomic E-state index is 0.0327. The Balaban J connectivity index is 1.98. The number of carbonyl (C=O) groups is 1. The summed E-state index contributed by atoms with van der Waals surface area (Å²) in [7, 11) is 0. The van der Waals surface area contributed by atoms with Crippen LogP contribution in [0.15, 0.2) is 0 Å². The van der Waals surface area contributed by atoms with Crippen LogP contribution in [-0.2, 0) is 4.79 Å². The van der Waals surface area contributed by atoms with Crippen LogP contribution in [0.1, 0.15) is 52.4 Å². The van der Waals surface area contributed by atoms with Crippen LogP contribution in [0.2, 0.25) is 0 Å². The third-order valence-electron chi connectivity index (χ3n) is 4.69. The lowest BCUT2D eigenvalue weighted by Crippen LogP contribution is -2.69. The zero-order valence-corrected chi connectivity index (χ0v) is 10.6. The van der Waals surface area contributed by atoms with Gasteiger partial charge in [0.2, 0.25) is 5.91 Å². The number of hydrogen-bond donors (Lipinski definition) is 1. The van der Waals surface area contributed by atoms with Gasteiger partial charge in [0, 0.05) is 18.5 Å². The third-order valence-corrected chi connectivity index (χ3v) is 4.69. The van der Waals surface area contributed by atoms with Crippen molar-refractivity contribution in [1.82, 2.24) is 4.90 Å². The maximum atomic E-state index is 12.5. The van der Waals surface area contributed by atoms with Crippen molar-refractivity contribution in [2.75, 3.05) is 13.1 Å². The van der Waals surface area contributed by atoms with Gasteiger partial charge in [-0.3, -0.25) is 4.79 Å². The topological polar surface area (TPSA) is 46.3 Å². The van der Waals surface area contributed by atoms with Crippen molar-refractivity contribution in [2.45, 2.75) is 57.9 Å². The zero-order valence-electron chi connectivity index (χ0n) is 10.6. The number of nitrogens with two attached hydrogens (primary N) is 1. The Morgan fingerprint density at radius 1 is 1.19 bits per heavy atom. The molecule has 0 aromatic carbocycles. The molecule has 0 aromatic heterocycles. The first kappa shape index (κ1) is 11.9. The molecule has 0 atom stereocenters. The van der Waals surface area contributed by atoms with Crippen molar-refractivity contribution in [3.05, 3.63) is 0 Å². The molecule has 1 aliphatic heterocycles. The number of amides is 1. The number of hydrogen-bond acceptors (Lipinski definition) is 2. The number of rotatable bonds is 3. The first-order valence-corrected chi connectivity index (χ1v) is 6.63. The molecule has 1 amide bonds. The van der Waals surface area contributed by atoms with E-state index in [4.69, 9.17) is 5.73 Å². The second-order valence-electron chi connectivity index (χ2n) is 5.72. The van der Waals surface area contributed by atoms with Crippen molar-refractivity contribution in [3.63, 3.8) is 0 Å². The van der Waals surface area contributed by atoms with Gasteiger partial charge in [-0.25, -0.2) is 0 Å². The van der Waals surface area contributed by atoms with E-state index in [2.05, 4.69) is 13.8 Å². The molecule has 0 unspecified atom stereocenters. The van der Waals surface area contributed by atoms with Crippen LogP contribution in [0.4, 0.5) is 0 Å². The second-order valence-corrected chi connectivity index (χ2v) is 5.72. The first-order valence-electron chi connectivity index (χ1n) is 6.63. The molecule has 92 valence electrons. The summed E-state index contributed by atoms with van der Waals surface area (Å²) in [6.45, 7) is 5.79. The highest BCUT2D eigenvalue weighted by molar-refractivity contribution is 5.84. The monoisotopic (exact) mass is 224 g/mol. The average Bonchev–Trinajstić information content (AvgIpc) is 2.73. The Labute approximate surface area is 98.4 Å². The quantitative estimate of drug-likeness (QED) is 0.796. The predicted molar refractivity (Wildman–Crippen MR) is 65.0 cm³/mol. The molecular weight excluding hydrogens is 200 g/mol. The summed E-state index contributed by atoms with van der Waals surface area (Å²) in [5, 5.41) is 0. The molecule has 0 spiro atoms. The molecule has 16 heavy (non-hydrogen) atoms. The Morgan fingerprint density at radius 3 is 2.19 bits per heavy atom. The minimum atomic E-state index is -0.0941. The van der Waals surface area contributed by atoms with E-state index in [-0.39, 0.29) is 11.0 Å². The van der Waals surface area contributed by atoms with E-state index in [1.165, 1.54) is 12.8 Å². The summed E-state index contributed by atoms with van der Waals surface area (Å²) in [6, 6.07) is 0. The Bertz CT molecular complexity index is 276. The lowest BCUT2D eigenvalue weighted by Gasteiger charge is -2.50. The fraction of sp³-hybridized carbons (Fsp3) is 0.923. The first-order chi connectivity index (χ1) is 7.55. The van der Waals surface area contributed by atoms with Gasteiger partial charge in [0.15, 0.2) is 0 Å². The fourth-order valence-corrected chi connectivity index (χ4v) is 3.19. The summed E-state index contributed by atoms with van der Waals surface area (Å²) in [5.41, 5.74) is 5.99. The molecular formula is C13H24N2O. The van der Waals surface area contributed by atoms with Crippen LogP contribution < -0.4 is 5.73 Å². The van der Waals surface area contributed by atoms with Crippen molar-refractivity contribution < 1.29 is 4.79 Å². The molecule has 2 fully saturated rings. The van der Waals surface area contributed by atoms with Gasteiger partial charge in [-0.05, 0) is 25.7 Å². The Kier molecular flexibility index (Phi) is 2.99. The van der Waals surface area contributed by atoms with Crippen LogP contribution in [0, 0.1) is 5.41 Å². The maximum Gasteiger partial charge on any atom is 0.228 e. The summed E-state index contributed by atoms with van der Waals surface area (Å²) in [4.78, 5) is 14.4. The van der Waals surface area contributed by atoms with Crippen LogP contribution in [0.25, 0.3) is 0 Å². The van der Waals surface area contributed by atoms with Gasteiger partial charge < -0.3 is 10.6 Å². The number of likely N-dealkylation sites (tertiary alicyclic amines) is 1. The SMILES string of the molecule is CCC1(N)CN(C(=O)C2(CC)CCCC2)C1. The number of nitrogens with zero attached hydrogens (tertiary/aromatic N) is 1. The largest absolute Gasteiger partial charge is 0.338 e. The highest BCUT2D eigenvalue weighted by atomic mass is 16.2. The van der Waals surface area contributed by atoms with Crippen LogP contribution in [0.5, 0.6) is 0 Å². The predicted octanol–water partition coefficient (Wildman–Crippen LogP) is 1.91. The molecule has 1 heterocycles.